The molecule has 0 fully saturated rings. The molecule has 0 unspecified atom stereocenters. The molecule has 0 aromatic heterocycles. The van der Waals surface area contributed by atoms with Crippen molar-refractivity contribution < 1.29 is 4.74 Å². The lowest BCUT2D eigenvalue weighted by atomic mass is 9.96. The fourth-order valence-corrected chi connectivity index (χ4v) is 3.35. The van der Waals surface area contributed by atoms with Crippen molar-refractivity contribution in [1.29, 1.82) is 0 Å². The van der Waals surface area contributed by atoms with Crippen LogP contribution in [0.2, 0.25) is 0 Å². The molecule has 3 aromatic rings. The van der Waals surface area contributed by atoms with Crippen LogP contribution in [-0.4, -0.2) is 7.11 Å². The Morgan fingerprint density at radius 3 is 2.41 bits per heavy atom. The van der Waals surface area contributed by atoms with Crippen LogP contribution in [0.4, 0.5) is 0 Å². The molecule has 22 heavy (non-hydrogen) atoms. The van der Waals surface area contributed by atoms with Gasteiger partial charge in [-0.15, -0.1) is 0 Å². The monoisotopic (exact) mass is 286 g/mol. The van der Waals surface area contributed by atoms with E-state index in [2.05, 4.69) is 54.6 Å². The molecule has 0 radical (unpaired) electrons. The molecular weight excluding hydrogens is 268 g/mol. The van der Waals surface area contributed by atoms with Gasteiger partial charge in [0.1, 0.15) is 5.75 Å². The summed E-state index contributed by atoms with van der Waals surface area (Å²) in [6, 6.07) is 23.8. The minimum Gasteiger partial charge on any atom is -0.497 e. The fourth-order valence-electron chi connectivity index (χ4n) is 3.35. The topological polar surface area (TPSA) is 9.23 Å². The van der Waals surface area contributed by atoms with E-state index in [1.807, 2.05) is 12.1 Å². The molecule has 0 aliphatic heterocycles. The van der Waals surface area contributed by atoms with Gasteiger partial charge in [0.15, 0.2) is 0 Å². The predicted octanol–water partition coefficient (Wildman–Crippen LogP) is 4.86. The Labute approximate surface area is 131 Å². The summed E-state index contributed by atoms with van der Waals surface area (Å²) in [5.74, 6) is 0.912. The van der Waals surface area contributed by atoms with Crippen molar-refractivity contribution in [2.75, 3.05) is 7.11 Å². The first kappa shape index (κ1) is 13.1. The second-order valence-electron chi connectivity index (χ2n) is 5.80. The SMILES string of the molecule is COc1ccc(Cc2cccc3c2Cc2ccccc2-3)cc1. The van der Waals surface area contributed by atoms with Crippen molar-refractivity contribution in [3.8, 4) is 16.9 Å². The molecule has 0 saturated carbocycles. The van der Waals surface area contributed by atoms with Crippen molar-refractivity contribution in [3.05, 3.63) is 89.0 Å². The molecule has 0 saturated heterocycles. The number of benzene rings is 3. The van der Waals surface area contributed by atoms with Crippen LogP contribution >= 0.6 is 0 Å². The maximum absolute atomic E-state index is 5.24. The molecule has 1 aliphatic carbocycles. The fraction of sp³-hybridized carbons (Fsp3) is 0.143. The van der Waals surface area contributed by atoms with Gasteiger partial charge in [-0.3, -0.25) is 0 Å². The summed E-state index contributed by atoms with van der Waals surface area (Å²) in [4.78, 5) is 0. The standard InChI is InChI=1S/C21H18O/c1-22-18-11-9-15(10-12-18)13-16-6-4-8-20-19-7-3-2-5-17(19)14-21(16)20/h2-12H,13-14H2,1H3. The molecule has 0 amide bonds. The van der Waals surface area contributed by atoms with Gasteiger partial charge in [-0.1, -0.05) is 54.6 Å². The van der Waals surface area contributed by atoms with Crippen LogP contribution in [-0.2, 0) is 12.8 Å². The van der Waals surface area contributed by atoms with E-state index in [-0.39, 0.29) is 0 Å². The summed E-state index contributed by atoms with van der Waals surface area (Å²) in [7, 11) is 1.70. The molecule has 0 heterocycles. The van der Waals surface area contributed by atoms with Crippen LogP contribution in [0, 0.1) is 0 Å². The molecule has 1 aliphatic rings. The van der Waals surface area contributed by atoms with E-state index >= 15 is 0 Å². The maximum atomic E-state index is 5.24. The van der Waals surface area contributed by atoms with Gasteiger partial charge in [0, 0.05) is 0 Å². The highest BCUT2D eigenvalue weighted by atomic mass is 16.5. The molecule has 4 rings (SSSR count). The molecule has 0 bridgehead atoms. The van der Waals surface area contributed by atoms with Gasteiger partial charge in [-0.25, -0.2) is 0 Å². The molecule has 0 N–H and O–H groups in total. The second-order valence-corrected chi connectivity index (χ2v) is 5.80. The zero-order valence-electron chi connectivity index (χ0n) is 12.7. The highest BCUT2D eigenvalue weighted by molar-refractivity contribution is 5.78. The number of hydrogen-bond donors (Lipinski definition) is 0. The summed E-state index contributed by atoms with van der Waals surface area (Å²) in [5.41, 5.74) is 8.49. The van der Waals surface area contributed by atoms with Gasteiger partial charge in [-0.2, -0.15) is 0 Å². The zero-order chi connectivity index (χ0) is 14.9. The first-order chi connectivity index (χ1) is 10.8. The number of hydrogen-bond acceptors (Lipinski definition) is 1. The Morgan fingerprint density at radius 1 is 0.818 bits per heavy atom. The first-order valence-corrected chi connectivity index (χ1v) is 7.67. The van der Waals surface area contributed by atoms with E-state index in [0.717, 1.165) is 18.6 Å². The molecule has 0 atom stereocenters. The Hall–Kier alpha value is -2.54. The van der Waals surface area contributed by atoms with E-state index in [4.69, 9.17) is 4.74 Å². The van der Waals surface area contributed by atoms with Crippen LogP contribution in [0.1, 0.15) is 22.3 Å². The summed E-state index contributed by atoms with van der Waals surface area (Å²) in [5, 5.41) is 0. The number of rotatable bonds is 3. The van der Waals surface area contributed by atoms with Crippen LogP contribution in [0.5, 0.6) is 5.75 Å². The third-order valence-electron chi connectivity index (χ3n) is 4.50. The van der Waals surface area contributed by atoms with Crippen molar-refractivity contribution in [2.45, 2.75) is 12.8 Å². The van der Waals surface area contributed by atoms with E-state index in [1.165, 1.54) is 33.4 Å². The maximum Gasteiger partial charge on any atom is 0.118 e. The van der Waals surface area contributed by atoms with Gasteiger partial charge in [0.05, 0.1) is 7.11 Å². The lowest BCUT2D eigenvalue weighted by Gasteiger charge is -2.09. The van der Waals surface area contributed by atoms with Crippen LogP contribution in [0.3, 0.4) is 0 Å². The highest BCUT2D eigenvalue weighted by Gasteiger charge is 2.20. The van der Waals surface area contributed by atoms with Gasteiger partial charge in [-0.05, 0) is 58.4 Å². The van der Waals surface area contributed by atoms with Gasteiger partial charge in [0.2, 0.25) is 0 Å². The van der Waals surface area contributed by atoms with E-state index in [0.29, 0.717) is 0 Å². The van der Waals surface area contributed by atoms with E-state index < -0.39 is 0 Å². The molecular formula is C21H18O. The average molecular weight is 286 g/mol. The third-order valence-corrected chi connectivity index (χ3v) is 4.50. The Morgan fingerprint density at radius 2 is 1.59 bits per heavy atom. The van der Waals surface area contributed by atoms with E-state index in [1.54, 1.807) is 7.11 Å². The van der Waals surface area contributed by atoms with Crippen molar-refractivity contribution in [2.24, 2.45) is 0 Å². The van der Waals surface area contributed by atoms with Crippen LogP contribution in [0.15, 0.2) is 66.7 Å². The lowest BCUT2D eigenvalue weighted by Crippen LogP contribution is -1.95. The summed E-state index contributed by atoms with van der Waals surface area (Å²) in [6.07, 6.45) is 2.03. The molecule has 1 nitrogen and oxygen atoms in total. The number of fused-ring (bicyclic) bond motifs is 3. The zero-order valence-corrected chi connectivity index (χ0v) is 12.7. The first-order valence-electron chi connectivity index (χ1n) is 7.67. The van der Waals surface area contributed by atoms with Crippen molar-refractivity contribution in [3.63, 3.8) is 0 Å². The van der Waals surface area contributed by atoms with E-state index in [9.17, 15) is 0 Å². The largest absolute Gasteiger partial charge is 0.497 e. The van der Waals surface area contributed by atoms with Gasteiger partial charge >= 0.3 is 0 Å². The molecule has 108 valence electrons. The minimum atomic E-state index is 0.912. The second kappa shape index (κ2) is 5.34. The highest BCUT2D eigenvalue weighted by Crippen LogP contribution is 2.38. The normalized spacial score (nSPS) is 11.9. The molecule has 0 spiro atoms. The quantitative estimate of drug-likeness (QED) is 0.523. The summed E-state index contributed by atoms with van der Waals surface area (Å²) >= 11 is 0. The molecule has 3 aromatic carbocycles. The average Bonchev–Trinajstić information content (AvgIpc) is 2.95. The Kier molecular flexibility index (Phi) is 3.19. The minimum absolute atomic E-state index is 0.912. The smallest absolute Gasteiger partial charge is 0.118 e. The summed E-state index contributed by atoms with van der Waals surface area (Å²) < 4.78 is 5.24. The van der Waals surface area contributed by atoms with Crippen LogP contribution in [0.25, 0.3) is 11.1 Å². The van der Waals surface area contributed by atoms with Crippen molar-refractivity contribution >= 4 is 0 Å². The predicted molar refractivity (Wildman–Crippen MR) is 90.5 cm³/mol. The number of methoxy groups -OCH3 is 1. The van der Waals surface area contributed by atoms with Crippen LogP contribution < -0.4 is 4.74 Å². The molecule has 1 heteroatoms. The Bertz CT molecular complexity index is 816. The summed E-state index contributed by atoms with van der Waals surface area (Å²) in [6.45, 7) is 0. The third kappa shape index (κ3) is 2.19. The number of ether oxygens (including phenoxy) is 1. The van der Waals surface area contributed by atoms with Gasteiger partial charge < -0.3 is 4.74 Å². The van der Waals surface area contributed by atoms with Crippen molar-refractivity contribution in [1.82, 2.24) is 0 Å². The lowest BCUT2D eigenvalue weighted by molar-refractivity contribution is 0.414. The van der Waals surface area contributed by atoms with Gasteiger partial charge in [0.25, 0.3) is 0 Å². The Balaban J connectivity index is 1.69.